The van der Waals surface area contributed by atoms with Crippen molar-refractivity contribution >= 4 is 35.3 Å². The van der Waals surface area contributed by atoms with Gasteiger partial charge >= 0.3 is 24.2 Å². The Morgan fingerprint density at radius 2 is 1.70 bits per heavy atom. The number of aliphatic imine (C=N–C) groups is 1. The number of carbonyl (C=O) groups excluding carboxylic acids is 4. The lowest BCUT2D eigenvalue weighted by molar-refractivity contribution is -0.143. The van der Waals surface area contributed by atoms with E-state index < -0.39 is 55.5 Å². The predicted molar refractivity (Wildman–Crippen MR) is 148 cm³/mol. The van der Waals surface area contributed by atoms with E-state index in [-0.39, 0.29) is 30.5 Å². The van der Waals surface area contributed by atoms with Crippen LogP contribution in [0.4, 0.5) is 28.4 Å². The van der Waals surface area contributed by atoms with Gasteiger partial charge in [0.05, 0.1) is 25.1 Å². The first kappa shape index (κ1) is 31.3. The third-order valence-electron chi connectivity index (χ3n) is 6.94. The number of esters is 1. The van der Waals surface area contributed by atoms with E-state index >= 15 is 0 Å². The van der Waals surface area contributed by atoms with Crippen LogP contribution < -0.4 is 20.9 Å². The summed E-state index contributed by atoms with van der Waals surface area (Å²) in [5.41, 5.74) is 1.13. The van der Waals surface area contributed by atoms with E-state index in [4.69, 9.17) is 0 Å². The maximum absolute atomic E-state index is 13.6. The third kappa shape index (κ3) is 7.80. The summed E-state index contributed by atoms with van der Waals surface area (Å²) in [5, 5.41) is 16.7. The van der Waals surface area contributed by atoms with Gasteiger partial charge in [-0.2, -0.15) is 13.2 Å². The number of urea groups is 2. The molecular weight excluding hydrogens is 573 g/mol. The van der Waals surface area contributed by atoms with Crippen LogP contribution in [0.15, 0.2) is 59.6 Å². The number of anilines is 1. The number of rotatable bonds is 7. The van der Waals surface area contributed by atoms with Crippen LogP contribution in [0.2, 0.25) is 0 Å². The second-order valence-corrected chi connectivity index (χ2v) is 9.89. The number of nitrogens with zero attached hydrogens (tertiary/aromatic N) is 3. The Morgan fingerprint density at radius 3 is 2.33 bits per heavy atom. The maximum atomic E-state index is 13.6. The van der Waals surface area contributed by atoms with E-state index in [9.17, 15) is 37.5 Å². The van der Waals surface area contributed by atoms with Crippen molar-refractivity contribution in [3.05, 3.63) is 65.7 Å². The van der Waals surface area contributed by atoms with E-state index in [2.05, 4.69) is 25.7 Å². The number of piperidine rings is 1. The number of hydrogen-bond donors (Lipinski definition) is 4. The molecule has 5 amide bonds. The van der Waals surface area contributed by atoms with Gasteiger partial charge in [-0.1, -0.05) is 48.5 Å². The molecule has 4 rings (SSSR count). The number of ether oxygens (including phenoxy) is 1. The number of likely N-dealkylation sites (tertiary alicyclic amines) is 1. The van der Waals surface area contributed by atoms with Gasteiger partial charge in [0.25, 0.3) is 5.91 Å². The van der Waals surface area contributed by atoms with Crippen molar-refractivity contribution in [1.29, 1.82) is 0 Å². The highest BCUT2D eigenvalue weighted by Gasteiger charge is 2.40. The molecule has 1 unspecified atom stereocenters. The highest BCUT2D eigenvalue weighted by atomic mass is 19.4. The van der Waals surface area contributed by atoms with Gasteiger partial charge in [0.15, 0.2) is 6.04 Å². The van der Waals surface area contributed by atoms with Crippen molar-refractivity contribution in [3.63, 3.8) is 0 Å². The van der Waals surface area contributed by atoms with Gasteiger partial charge in [-0.05, 0) is 18.9 Å². The zero-order chi connectivity index (χ0) is 31.1. The molecule has 230 valence electrons. The number of para-hydroxylation sites is 1. The number of carbonyl (C=O) groups is 4. The number of nitrogens with one attached hydrogen (secondary N) is 3. The van der Waals surface area contributed by atoms with Gasteiger partial charge in [-0.25, -0.2) is 19.4 Å². The van der Waals surface area contributed by atoms with Crippen molar-refractivity contribution < 1.29 is 42.2 Å². The highest BCUT2D eigenvalue weighted by molar-refractivity contribution is 6.20. The van der Waals surface area contributed by atoms with Crippen LogP contribution in [0.1, 0.15) is 24.0 Å². The van der Waals surface area contributed by atoms with Crippen molar-refractivity contribution in [2.75, 3.05) is 38.3 Å². The Bertz CT molecular complexity index is 1360. The first-order chi connectivity index (χ1) is 20.5. The molecular formula is C28H31F3N6O6. The zero-order valence-corrected chi connectivity index (χ0v) is 23.1. The van der Waals surface area contributed by atoms with Gasteiger partial charge in [-0.3, -0.25) is 9.69 Å². The van der Waals surface area contributed by atoms with Crippen molar-refractivity contribution in [2.45, 2.75) is 37.3 Å². The molecule has 43 heavy (non-hydrogen) atoms. The van der Waals surface area contributed by atoms with Crippen LogP contribution in [0.25, 0.3) is 0 Å². The number of benzene rings is 2. The monoisotopic (exact) mass is 604 g/mol. The van der Waals surface area contributed by atoms with Gasteiger partial charge in [0.1, 0.15) is 6.54 Å². The van der Waals surface area contributed by atoms with Crippen LogP contribution in [0, 0.1) is 0 Å². The summed E-state index contributed by atoms with van der Waals surface area (Å²) in [4.78, 5) is 57.0. The Hall–Kier alpha value is -4.66. The van der Waals surface area contributed by atoms with Gasteiger partial charge in [0.2, 0.25) is 6.17 Å². The first-order valence-corrected chi connectivity index (χ1v) is 13.4. The molecule has 0 radical (unpaired) electrons. The number of methoxy groups -OCH3 is 1. The molecule has 15 heteroatoms. The molecule has 0 bridgehead atoms. The number of aliphatic hydroxyl groups excluding tert-OH is 1. The highest BCUT2D eigenvalue weighted by Crippen LogP contribution is 2.31. The molecule has 2 aliphatic rings. The Labute approximate surface area is 244 Å². The molecule has 2 aromatic rings. The molecule has 4 N–H and O–H groups in total. The molecule has 12 nitrogen and oxygen atoms in total. The SMILES string of the molecule is COC(=O)C(CO)NC(=O)NC1CCN(C(=O)N[C@@H]2N=C(c3ccccc3)c3ccccc3N(CC(F)(F)F)C2=O)CC1. The fourth-order valence-corrected chi connectivity index (χ4v) is 4.83. The summed E-state index contributed by atoms with van der Waals surface area (Å²) in [6, 6.07) is 11.7. The molecule has 0 aromatic heterocycles. The van der Waals surface area contributed by atoms with Crippen LogP contribution in [-0.2, 0) is 14.3 Å². The van der Waals surface area contributed by atoms with E-state index in [1.165, 1.54) is 17.0 Å². The van der Waals surface area contributed by atoms with E-state index in [0.29, 0.717) is 28.9 Å². The molecule has 2 aliphatic heterocycles. The number of fused-ring (bicyclic) bond motifs is 1. The summed E-state index contributed by atoms with van der Waals surface area (Å²) < 4.78 is 45.4. The summed E-state index contributed by atoms with van der Waals surface area (Å²) in [6.07, 6.45) is -5.74. The number of halogens is 3. The molecule has 2 atom stereocenters. The average molecular weight is 605 g/mol. The fraction of sp³-hybridized carbons (Fsp3) is 0.393. The normalized spacial score (nSPS) is 18.1. The second-order valence-electron chi connectivity index (χ2n) is 9.89. The lowest BCUT2D eigenvalue weighted by atomic mass is 10.0. The number of alkyl halides is 3. The molecule has 2 aromatic carbocycles. The molecule has 0 spiro atoms. The van der Waals surface area contributed by atoms with Crippen molar-refractivity contribution in [2.24, 2.45) is 4.99 Å². The minimum atomic E-state index is -4.72. The maximum Gasteiger partial charge on any atom is 0.406 e. The summed E-state index contributed by atoms with van der Waals surface area (Å²) in [6.45, 7) is -1.92. The van der Waals surface area contributed by atoms with Crippen LogP contribution in [0.5, 0.6) is 0 Å². The number of benzodiazepines with no additional fused rings is 1. The molecule has 0 saturated carbocycles. The first-order valence-electron chi connectivity index (χ1n) is 13.4. The quantitative estimate of drug-likeness (QED) is 0.354. The smallest absolute Gasteiger partial charge is 0.406 e. The summed E-state index contributed by atoms with van der Waals surface area (Å²) in [5.74, 6) is -1.85. The summed E-state index contributed by atoms with van der Waals surface area (Å²) in [7, 11) is 1.12. The van der Waals surface area contributed by atoms with Crippen molar-refractivity contribution in [3.8, 4) is 0 Å². The Kier molecular flexibility index (Phi) is 9.85. The van der Waals surface area contributed by atoms with E-state index in [1.807, 2.05) is 0 Å². The molecule has 2 heterocycles. The summed E-state index contributed by atoms with van der Waals surface area (Å²) >= 11 is 0. The largest absolute Gasteiger partial charge is 0.467 e. The van der Waals surface area contributed by atoms with E-state index in [0.717, 1.165) is 7.11 Å². The number of aliphatic hydroxyl groups is 1. The standard InChI is InChI=1S/C28H31F3N6O6/c1-43-25(40)20(15-38)33-26(41)32-18-11-13-36(14-12-18)27(42)35-23-24(39)37(16-28(29,30)31)21-10-6-5-9-19(21)22(34-23)17-7-3-2-4-8-17/h2-10,18,20,23,38H,11-16H2,1H3,(H,35,42)(H2,32,33,41)/t20?,23-/m0/s1. The third-order valence-corrected chi connectivity index (χ3v) is 6.94. The Balaban J connectivity index is 1.49. The minimum absolute atomic E-state index is 0.0185. The molecule has 1 fully saturated rings. The van der Waals surface area contributed by atoms with Gasteiger partial charge < -0.3 is 30.7 Å². The second kappa shape index (κ2) is 13.5. The lowest BCUT2D eigenvalue weighted by Crippen LogP contribution is -2.56. The van der Waals surface area contributed by atoms with E-state index in [1.54, 1.807) is 42.5 Å². The van der Waals surface area contributed by atoms with Crippen molar-refractivity contribution in [1.82, 2.24) is 20.9 Å². The van der Waals surface area contributed by atoms with Crippen LogP contribution >= 0.6 is 0 Å². The average Bonchev–Trinajstić information content (AvgIpc) is 3.10. The minimum Gasteiger partial charge on any atom is -0.467 e. The molecule has 0 aliphatic carbocycles. The van der Waals surface area contributed by atoms with Crippen LogP contribution in [-0.4, -0.2) is 97.4 Å². The van der Waals surface area contributed by atoms with Crippen LogP contribution in [0.3, 0.4) is 0 Å². The topological polar surface area (TPSA) is 153 Å². The van der Waals surface area contributed by atoms with Gasteiger partial charge in [0, 0.05) is 30.3 Å². The Morgan fingerprint density at radius 1 is 1.05 bits per heavy atom. The predicted octanol–water partition coefficient (Wildman–Crippen LogP) is 1.77. The number of hydrogen-bond acceptors (Lipinski definition) is 7. The number of amides is 5. The molecule has 1 saturated heterocycles. The fourth-order valence-electron chi connectivity index (χ4n) is 4.83. The lowest BCUT2D eigenvalue weighted by Gasteiger charge is -2.33. The van der Waals surface area contributed by atoms with Gasteiger partial charge in [-0.15, -0.1) is 0 Å². The zero-order valence-electron chi connectivity index (χ0n) is 23.1.